The second kappa shape index (κ2) is 6.37. The molecule has 2 heterocycles. The van der Waals surface area contributed by atoms with Crippen LogP contribution in [-0.4, -0.2) is 46.4 Å². The van der Waals surface area contributed by atoms with E-state index in [2.05, 4.69) is 5.16 Å². The van der Waals surface area contributed by atoms with E-state index in [9.17, 15) is 14.3 Å². The summed E-state index contributed by atoms with van der Waals surface area (Å²) in [5.74, 6) is 0.203. The van der Waals surface area contributed by atoms with Gasteiger partial charge in [0.15, 0.2) is 5.69 Å². The number of carbonyl (C=O) groups is 1. The largest absolute Gasteiger partial charge is 0.486 e. The molecule has 1 amide bonds. The molecular formula is C16H17FN2O4. The van der Waals surface area contributed by atoms with E-state index in [1.165, 1.54) is 23.1 Å². The highest BCUT2D eigenvalue weighted by Gasteiger charge is 2.37. The maximum Gasteiger partial charge on any atom is 0.276 e. The molecule has 7 heteroatoms. The van der Waals surface area contributed by atoms with Crippen LogP contribution in [0.1, 0.15) is 23.2 Å². The van der Waals surface area contributed by atoms with E-state index in [1.54, 1.807) is 12.1 Å². The Morgan fingerprint density at radius 2 is 2.30 bits per heavy atom. The third-order valence-electron chi connectivity index (χ3n) is 3.73. The van der Waals surface area contributed by atoms with Crippen molar-refractivity contribution in [1.29, 1.82) is 0 Å². The van der Waals surface area contributed by atoms with Crippen molar-refractivity contribution in [2.75, 3.05) is 13.1 Å². The van der Waals surface area contributed by atoms with Crippen LogP contribution >= 0.6 is 0 Å². The number of hydrogen-bond acceptors (Lipinski definition) is 5. The van der Waals surface area contributed by atoms with Crippen LogP contribution < -0.4 is 4.74 Å². The van der Waals surface area contributed by atoms with Crippen molar-refractivity contribution in [2.45, 2.75) is 25.6 Å². The van der Waals surface area contributed by atoms with Crippen LogP contribution in [0.4, 0.5) is 4.39 Å². The molecule has 6 nitrogen and oxygen atoms in total. The molecule has 0 radical (unpaired) electrons. The number of hydrogen-bond donors (Lipinski definition) is 1. The van der Waals surface area contributed by atoms with Gasteiger partial charge in [0, 0.05) is 18.6 Å². The summed E-state index contributed by atoms with van der Waals surface area (Å²) in [6.07, 6.45) is -0.813. The van der Waals surface area contributed by atoms with Gasteiger partial charge in [0.25, 0.3) is 5.91 Å². The molecule has 3 rings (SSSR count). The summed E-state index contributed by atoms with van der Waals surface area (Å²) in [6, 6.07) is 7.27. The SMILES string of the molecule is CCc1cc(C(=O)N2C[C@@H](O)[C@H](Oc3cccc(F)c3)C2)no1. The first-order chi connectivity index (χ1) is 11.1. The van der Waals surface area contributed by atoms with Gasteiger partial charge in [-0.25, -0.2) is 4.39 Å². The number of aromatic nitrogens is 1. The quantitative estimate of drug-likeness (QED) is 0.927. The van der Waals surface area contributed by atoms with E-state index in [1.807, 2.05) is 6.92 Å². The molecule has 0 unspecified atom stereocenters. The molecule has 1 aliphatic heterocycles. The third kappa shape index (κ3) is 3.34. The zero-order chi connectivity index (χ0) is 16.4. The molecule has 1 aromatic carbocycles. The Morgan fingerprint density at radius 1 is 1.48 bits per heavy atom. The summed E-state index contributed by atoms with van der Waals surface area (Å²) in [5, 5.41) is 13.8. The first kappa shape index (κ1) is 15.5. The first-order valence-corrected chi connectivity index (χ1v) is 7.42. The highest BCUT2D eigenvalue weighted by Crippen LogP contribution is 2.21. The molecule has 1 aromatic heterocycles. The molecule has 0 aliphatic carbocycles. The predicted molar refractivity (Wildman–Crippen MR) is 78.6 cm³/mol. The van der Waals surface area contributed by atoms with Crippen molar-refractivity contribution < 1.29 is 23.6 Å². The van der Waals surface area contributed by atoms with Crippen molar-refractivity contribution in [3.63, 3.8) is 0 Å². The molecule has 23 heavy (non-hydrogen) atoms. The van der Waals surface area contributed by atoms with Gasteiger partial charge in [0.1, 0.15) is 29.5 Å². The maximum atomic E-state index is 13.2. The number of halogens is 1. The summed E-state index contributed by atoms with van der Waals surface area (Å²) in [6.45, 7) is 2.23. The molecule has 2 aromatic rings. The van der Waals surface area contributed by atoms with Gasteiger partial charge in [-0.3, -0.25) is 4.79 Å². The van der Waals surface area contributed by atoms with Crippen LogP contribution in [0.5, 0.6) is 5.75 Å². The van der Waals surface area contributed by atoms with Gasteiger partial charge >= 0.3 is 0 Å². The minimum Gasteiger partial charge on any atom is -0.486 e. The van der Waals surface area contributed by atoms with E-state index in [-0.39, 0.29) is 24.7 Å². The van der Waals surface area contributed by atoms with Crippen molar-refractivity contribution >= 4 is 5.91 Å². The molecule has 0 spiro atoms. The van der Waals surface area contributed by atoms with E-state index in [0.717, 1.165) is 0 Å². The molecule has 122 valence electrons. The third-order valence-corrected chi connectivity index (χ3v) is 3.73. The molecule has 1 fully saturated rings. The molecule has 1 saturated heterocycles. The molecule has 0 bridgehead atoms. The standard InChI is InChI=1S/C16H17FN2O4/c1-2-11-7-13(18-23-11)16(21)19-8-14(20)15(9-19)22-12-5-3-4-10(17)6-12/h3-7,14-15,20H,2,8-9H2,1H3/t14-,15-/m1/s1. The molecule has 1 N–H and O–H groups in total. The van der Waals surface area contributed by atoms with Gasteiger partial charge in [0.2, 0.25) is 0 Å². The lowest BCUT2D eigenvalue weighted by atomic mass is 10.2. The van der Waals surface area contributed by atoms with Gasteiger partial charge in [0.05, 0.1) is 13.1 Å². The minimum atomic E-state index is -0.847. The lowest BCUT2D eigenvalue weighted by molar-refractivity contribution is 0.0726. The van der Waals surface area contributed by atoms with Crippen LogP contribution in [0.2, 0.25) is 0 Å². The molecule has 0 saturated carbocycles. The Kier molecular flexibility index (Phi) is 4.29. The number of carbonyl (C=O) groups excluding carboxylic acids is 1. The van der Waals surface area contributed by atoms with E-state index in [4.69, 9.17) is 9.26 Å². The second-order valence-corrected chi connectivity index (χ2v) is 5.42. The van der Waals surface area contributed by atoms with Crippen molar-refractivity contribution in [3.05, 3.63) is 47.6 Å². The zero-order valence-electron chi connectivity index (χ0n) is 12.6. The van der Waals surface area contributed by atoms with Gasteiger partial charge < -0.3 is 19.3 Å². The summed E-state index contributed by atoms with van der Waals surface area (Å²) < 4.78 is 23.8. The number of aliphatic hydroxyl groups excluding tert-OH is 1. The Hall–Kier alpha value is -2.41. The van der Waals surface area contributed by atoms with E-state index < -0.39 is 18.0 Å². The number of nitrogens with zero attached hydrogens (tertiary/aromatic N) is 2. The Labute approximate surface area is 132 Å². The van der Waals surface area contributed by atoms with Gasteiger partial charge in [-0.05, 0) is 12.1 Å². The Bertz CT molecular complexity index is 703. The fourth-order valence-electron chi connectivity index (χ4n) is 2.50. The Morgan fingerprint density at radius 3 is 3.00 bits per heavy atom. The van der Waals surface area contributed by atoms with Crippen molar-refractivity contribution in [2.24, 2.45) is 0 Å². The number of benzene rings is 1. The van der Waals surface area contributed by atoms with E-state index >= 15 is 0 Å². The average Bonchev–Trinajstić information content (AvgIpc) is 3.14. The van der Waals surface area contributed by atoms with Crippen LogP contribution in [0.15, 0.2) is 34.9 Å². The lowest BCUT2D eigenvalue weighted by Gasteiger charge is -2.16. The Balaban J connectivity index is 1.67. The van der Waals surface area contributed by atoms with Gasteiger partial charge in [-0.15, -0.1) is 0 Å². The number of aliphatic hydroxyl groups is 1. The number of ether oxygens (including phenoxy) is 1. The number of aryl methyl sites for hydroxylation is 1. The fraction of sp³-hybridized carbons (Fsp3) is 0.375. The summed E-state index contributed by atoms with van der Waals surface area (Å²) >= 11 is 0. The lowest BCUT2D eigenvalue weighted by Crippen LogP contribution is -2.31. The van der Waals surface area contributed by atoms with Gasteiger partial charge in [-0.1, -0.05) is 18.1 Å². The summed E-state index contributed by atoms with van der Waals surface area (Å²) in [5.41, 5.74) is 0.209. The highest BCUT2D eigenvalue weighted by atomic mass is 19.1. The van der Waals surface area contributed by atoms with Crippen molar-refractivity contribution in [1.82, 2.24) is 10.1 Å². The number of amides is 1. The van der Waals surface area contributed by atoms with Crippen LogP contribution in [0.3, 0.4) is 0 Å². The molecule has 1 aliphatic rings. The number of β-amino-alcohol motifs (C(OH)–C–C–N with tert-alkyl or cyclic N) is 1. The van der Waals surface area contributed by atoms with Crippen LogP contribution in [-0.2, 0) is 6.42 Å². The van der Waals surface area contributed by atoms with Gasteiger partial charge in [-0.2, -0.15) is 0 Å². The highest BCUT2D eigenvalue weighted by molar-refractivity contribution is 5.92. The minimum absolute atomic E-state index is 0.132. The van der Waals surface area contributed by atoms with E-state index in [0.29, 0.717) is 17.9 Å². The number of rotatable bonds is 4. The first-order valence-electron chi connectivity index (χ1n) is 7.42. The predicted octanol–water partition coefficient (Wildman–Crippen LogP) is 1.64. The monoisotopic (exact) mass is 320 g/mol. The smallest absolute Gasteiger partial charge is 0.276 e. The summed E-state index contributed by atoms with van der Waals surface area (Å²) in [7, 11) is 0. The fourth-order valence-corrected chi connectivity index (χ4v) is 2.50. The van der Waals surface area contributed by atoms with Crippen LogP contribution in [0, 0.1) is 5.82 Å². The number of likely N-dealkylation sites (tertiary alicyclic amines) is 1. The topological polar surface area (TPSA) is 75.8 Å². The zero-order valence-corrected chi connectivity index (χ0v) is 12.6. The average molecular weight is 320 g/mol. The second-order valence-electron chi connectivity index (χ2n) is 5.42. The van der Waals surface area contributed by atoms with Crippen molar-refractivity contribution in [3.8, 4) is 5.75 Å². The van der Waals surface area contributed by atoms with Crippen LogP contribution in [0.25, 0.3) is 0 Å². The maximum absolute atomic E-state index is 13.2. The molecular weight excluding hydrogens is 303 g/mol. The normalized spacial score (nSPS) is 20.7. The molecule has 2 atom stereocenters. The summed E-state index contributed by atoms with van der Waals surface area (Å²) in [4.78, 5) is 13.8.